The zero-order valence-electron chi connectivity index (χ0n) is 69.1. The molecule has 0 aromatic heterocycles. The molecule has 2 aliphatic carbocycles. The van der Waals surface area contributed by atoms with Crippen LogP contribution in [0.5, 0.6) is 0 Å². The minimum Gasteiger partial charge on any atom is -0.355 e. The molecule has 0 saturated heterocycles. The molecule has 2 aliphatic rings. The molecule has 0 saturated carbocycles. The van der Waals surface area contributed by atoms with E-state index in [4.69, 9.17) is 65.6 Å². The Morgan fingerprint density at radius 3 is 1.34 bits per heavy atom. The molecule has 0 amide bonds. The molecule has 7 heteroatoms. The minimum atomic E-state index is -0.897. The standard InChI is InChI=1S/C36H39Cl2N.C30H37N.C6H3BrCl2/c1-34(2,3)25-13-16-33(30(19-25)24-11-9-8-10-12-24)39(29-21-26(37)20-27(38)22-29)28-14-15-31-32(23-28)36(6,7)18-17-35(31,4)5;1-28(2,3)22-13-16-27(24(19-22)21-11-9-8-10-12-21)31-23-14-15-25-26(20-23)30(6,7)18-17-29(25,4)5;7-4-1-5(8)3-6(9)2-4/h8-16,19-23H,17-18H2,1-7H3;8-16,19-20,31H,17-18H2,1-7H3;1-3H/i8D,9D,10D,11D,12D,13D,14D,15D,16D,19D,23D;8D,9D,10D,11D,12D,13D,14D,15D,16D,19D,20D;. The van der Waals surface area contributed by atoms with E-state index in [-0.39, 0.29) is 132 Å². The quantitative estimate of drug-likeness (QED) is 0.171. The van der Waals surface area contributed by atoms with Crippen molar-refractivity contribution in [2.24, 2.45) is 0 Å². The van der Waals surface area contributed by atoms with Crippen molar-refractivity contribution in [1.82, 2.24) is 0 Å². The third-order valence-corrected chi connectivity index (χ3v) is 15.6. The van der Waals surface area contributed by atoms with Gasteiger partial charge < -0.3 is 10.2 Å². The van der Waals surface area contributed by atoms with E-state index >= 15 is 0 Å². The van der Waals surface area contributed by atoms with Gasteiger partial charge in [0.05, 0.1) is 35.8 Å². The van der Waals surface area contributed by atoms with Crippen LogP contribution < -0.4 is 10.2 Å². The van der Waals surface area contributed by atoms with Gasteiger partial charge in [0.1, 0.15) is 0 Å². The predicted octanol–water partition coefficient (Wildman–Crippen LogP) is 24.3. The van der Waals surface area contributed by atoms with Gasteiger partial charge in [-0.1, -0.05) is 244 Å². The molecule has 8 aromatic rings. The van der Waals surface area contributed by atoms with Crippen LogP contribution in [0.25, 0.3) is 22.3 Å². The number of nitrogens with zero attached hydrogens (tertiary/aromatic N) is 1. The Hall–Kier alpha value is -5.00. The Morgan fingerprint density at radius 2 is 0.861 bits per heavy atom. The molecule has 0 unspecified atom stereocenters. The average molecular weight is 1220 g/mol. The van der Waals surface area contributed by atoms with E-state index in [0.717, 1.165) is 23.7 Å². The van der Waals surface area contributed by atoms with Gasteiger partial charge in [0.2, 0.25) is 0 Å². The lowest BCUT2D eigenvalue weighted by molar-refractivity contribution is 0.332. The molecule has 0 fully saturated rings. The third-order valence-electron chi connectivity index (χ3n) is 14.3. The maximum absolute atomic E-state index is 9.78. The molecule has 0 bridgehead atoms. The van der Waals surface area contributed by atoms with Crippen molar-refractivity contribution in [3.05, 3.63) is 227 Å². The van der Waals surface area contributed by atoms with Crippen molar-refractivity contribution in [2.45, 2.75) is 155 Å². The lowest BCUT2D eigenvalue weighted by Crippen LogP contribution is -2.34. The highest BCUT2D eigenvalue weighted by molar-refractivity contribution is 9.10. The van der Waals surface area contributed by atoms with Gasteiger partial charge in [0.15, 0.2) is 0 Å². The third kappa shape index (κ3) is 14.2. The van der Waals surface area contributed by atoms with Crippen LogP contribution in [0, 0.1) is 0 Å². The number of hydrogen-bond acceptors (Lipinski definition) is 2. The van der Waals surface area contributed by atoms with Gasteiger partial charge in [0.25, 0.3) is 0 Å². The van der Waals surface area contributed by atoms with E-state index in [9.17, 15) is 11.0 Å². The monoisotopic (exact) mass is 1210 g/mol. The largest absolute Gasteiger partial charge is 0.355 e. The Morgan fingerprint density at radius 1 is 0.443 bits per heavy atom. The summed E-state index contributed by atoms with van der Waals surface area (Å²) in [6.07, 6.45) is 2.93. The molecule has 2 nitrogen and oxygen atoms in total. The van der Waals surface area contributed by atoms with Crippen LogP contribution >= 0.6 is 62.3 Å². The van der Waals surface area contributed by atoms with Crippen LogP contribution in [0.15, 0.2) is 174 Å². The number of rotatable bonds is 7. The predicted molar refractivity (Wildman–Crippen MR) is 350 cm³/mol. The van der Waals surface area contributed by atoms with Crippen LogP contribution in [0.2, 0.25) is 20.1 Å². The van der Waals surface area contributed by atoms with Crippen molar-refractivity contribution < 1.29 is 30.2 Å². The molecule has 79 heavy (non-hydrogen) atoms. The summed E-state index contributed by atoms with van der Waals surface area (Å²) in [5.41, 5.74) is -2.89. The fourth-order valence-corrected chi connectivity index (χ4v) is 11.2. The van der Waals surface area contributed by atoms with Crippen molar-refractivity contribution in [3.8, 4) is 22.3 Å². The van der Waals surface area contributed by atoms with Crippen molar-refractivity contribution in [1.29, 1.82) is 0 Å². The summed E-state index contributed by atoms with van der Waals surface area (Å²) in [5.74, 6) is 0. The zero-order valence-corrected chi connectivity index (χ0v) is 51.7. The maximum atomic E-state index is 9.78. The highest BCUT2D eigenvalue weighted by Crippen LogP contribution is 2.51. The molecular formula is C72H79BrCl4N2. The Kier molecular flexibility index (Phi) is 11.0. The van der Waals surface area contributed by atoms with Crippen molar-refractivity contribution in [3.63, 3.8) is 0 Å². The number of halogens is 5. The first-order valence-electron chi connectivity index (χ1n) is 37.0. The highest BCUT2D eigenvalue weighted by Gasteiger charge is 2.39. The van der Waals surface area contributed by atoms with E-state index in [1.807, 2.05) is 55.4 Å². The van der Waals surface area contributed by atoms with Crippen LogP contribution in [-0.2, 0) is 32.5 Å². The van der Waals surface area contributed by atoms with Gasteiger partial charge in [-0.3, -0.25) is 0 Å². The fourth-order valence-electron chi connectivity index (χ4n) is 9.38. The molecule has 0 aliphatic heterocycles. The molecule has 0 spiro atoms. The lowest BCUT2D eigenvalue weighted by Gasteiger charge is -2.42. The first-order valence-corrected chi connectivity index (χ1v) is 28.3. The zero-order chi connectivity index (χ0) is 76.6. The molecule has 0 radical (unpaired) electrons. The van der Waals surface area contributed by atoms with Gasteiger partial charge in [-0.25, -0.2) is 0 Å². The molecule has 412 valence electrons. The second-order valence-electron chi connectivity index (χ2n) is 24.7. The molecule has 10 rings (SSSR count). The smallest absolute Gasteiger partial charge is 0.0648 e. The minimum absolute atomic E-state index is 0.0341. The second-order valence-corrected chi connectivity index (χ2v) is 27.3. The summed E-state index contributed by atoms with van der Waals surface area (Å²) in [5, 5.41) is 4.54. The normalized spacial score (nSPS) is 19.6. The number of fused-ring (bicyclic) bond motifs is 2. The summed E-state index contributed by atoms with van der Waals surface area (Å²) in [7, 11) is 0. The van der Waals surface area contributed by atoms with E-state index in [0.29, 0.717) is 38.7 Å². The molecule has 0 heterocycles. The van der Waals surface area contributed by atoms with Gasteiger partial charge in [-0.05, 0) is 187 Å². The first kappa shape index (κ1) is 37.2. The fraction of sp³-hybridized carbons (Fsp3) is 0.333. The Labute approximate surface area is 533 Å². The molecule has 1 N–H and O–H groups in total. The van der Waals surface area contributed by atoms with Gasteiger partial charge in [0, 0.05) is 58.4 Å². The SMILES string of the molecule is Clc1cc(Cl)cc(Br)c1.[2H]c1c([2H])c([2H])c(-c2c([2H])c(C(C)(C)C)c([2H])c([2H])c2N(c2cc(Cl)cc(Cl)c2)c2c([2H])c([2H])c3c(c2[2H])C(C)(C)CCC3(C)C)c([2H])c1[2H].[2H]c1c([2H])c([2H])c(-c2c([2H])c(C(C)(C)C)c([2H])c([2H])c2Nc2c([2H])c([2H])c3c(c2[2H])C(C)(C)CCC3(C)C)c([2H])c1[2H]. The Bertz CT molecular complexity index is 4640. The van der Waals surface area contributed by atoms with Crippen LogP contribution in [0.4, 0.5) is 28.4 Å². The maximum Gasteiger partial charge on any atom is 0.0648 e. The van der Waals surface area contributed by atoms with E-state index < -0.39 is 105 Å². The molecule has 8 aromatic carbocycles. The summed E-state index contributed by atoms with van der Waals surface area (Å²) in [4.78, 5) is 1.29. The summed E-state index contributed by atoms with van der Waals surface area (Å²) >= 11 is 27.6. The number of anilines is 5. The van der Waals surface area contributed by atoms with Crippen LogP contribution in [0.1, 0.15) is 186 Å². The second kappa shape index (κ2) is 23.5. The van der Waals surface area contributed by atoms with Gasteiger partial charge >= 0.3 is 0 Å². The Balaban J connectivity index is 0.000000230. The summed E-state index contributed by atoms with van der Waals surface area (Å²) < 4.78 is 197. The number of hydrogen-bond donors (Lipinski definition) is 1. The topological polar surface area (TPSA) is 15.3 Å². The average Bonchev–Trinajstić information content (AvgIpc) is 0.715. The first-order chi connectivity index (χ1) is 46.1. The highest BCUT2D eigenvalue weighted by atomic mass is 79.9. The van der Waals surface area contributed by atoms with E-state index in [1.165, 1.54) is 23.1 Å². The summed E-state index contributed by atoms with van der Waals surface area (Å²) in [6.45, 7) is 26.4. The number of benzene rings is 8. The van der Waals surface area contributed by atoms with Crippen molar-refractivity contribution in [2.75, 3.05) is 10.2 Å². The summed E-state index contributed by atoms with van der Waals surface area (Å²) in [6, 6.07) is 0.385. The van der Waals surface area contributed by atoms with Gasteiger partial charge in [-0.15, -0.1) is 0 Å². The number of nitrogens with one attached hydrogen (secondary N) is 1. The molecule has 0 atom stereocenters. The molecular weight excluding hydrogens is 1110 g/mol. The van der Waals surface area contributed by atoms with Crippen LogP contribution in [-0.4, -0.2) is 0 Å². The van der Waals surface area contributed by atoms with E-state index in [2.05, 4.69) is 21.2 Å². The van der Waals surface area contributed by atoms with Crippen LogP contribution in [0.3, 0.4) is 0 Å². The van der Waals surface area contributed by atoms with Gasteiger partial charge in [-0.2, -0.15) is 0 Å². The van der Waals surface area contributed by atoms with E-state index in [1.54, 1.807) is 59.7 Å². The lowest BCUT2D eigenvalue weighted by atomic mass is 9.63. The van der Waals surface area contributed by atoms with Crippen molar-refractivity contribution >= 4 is 90.8 Å².